The molecule has 0 aliphatic carbocycles. The van der Waals surface area contributed by atoms with Crippen LogP contribution < -0.4 is 47.7 Å². The monoisotopic (exact) mass is 281 g/mol. The van der Waals surface area contributed by atoms with Crippen LogP contribution in [0.15, 0.2) is 0 Å². The molecule has 13 heavy (non-hydrogen) atoms. The number of primary amides is 2. The predicted molar refractivity (Wildman–Crippen MR) is 36.5 cm³/mol. The van der Waals surface area contributed by atoms with E-state index in [1.807, 2.05) is 0 Å². The number of carbonyl (C=O) groups is 2. The van der Waals surface area contributed by atoms with Crippen LogP contribution in [-0.4, -0.2) is 24.9 Å². The van der Waals surface area contributed by atoms with Crippen molar-refractivity contribution in [3.05, 3.63) is 0 Å². The van der Waals surface area contributed by atoms with Crippen LogP contribution in [0.4, 0.5) is 0 Å². The Morgan fingerprint density at radius 1 is 0.846 bits per heavy atom. The average Bonchev–Trinajstić information content (AvgIpc) is 1.89. The van der Waals surface area contributed by atoms with E-state index in [1.54, 1.807) is 0 Å². The number of hydrogen-bond acceptors (Lipinski definition) is 4. The Labute approximate surface area is 99.4 Å². The van der Waals surface area contributed by atoms with Crippen molar-refractivity contribution < 1.29 is 51.5 Å². The molecule has 0 spiro atoms. The number of amides is 2. The zero-order valence-electron chi connectivity index (χ0n) is 6.60. The molecule has 0 aromatic carbocycles. The molecular weight excluding hydrogens is 271 g/mol. The topological polar surface area (TPSA) is 138 Å². The summed E-state index contributed by atoms with van der Waals surface area (Å²) in [7, 11) is 0. The molecule has 0 heterocycles. The van der Waals surface area contributed by atoms with Gasteiger partial charge in [-0.2, -0.15) is 0 Å². The zero-order valence-corrected chi connectivity index (χ0v) is 9.05. The SMILES string of the molecule is NCC(N)=O.NCC(N)=O.[Cl-].[Cl-].[Cu+2]. The van der Waals surface area contributed by atoms with Crippen LogP contribution in [0.1, 0.15) is 0 Å². The van der Waals surface area contributed by atoms with Crippen LogP contribution in [0.5, 0.6) is 0 Å². The summed E-state index contributed by atoms with van der Waals surface area (Å²) in [5.74, 6) is -0.935. The van der Waals surface area contributed by atoms with Crippen molar-refractivity contribution in [3.8, 4) is 0 Å². The van der Waals surface area contributed by atoms with Gasteiger partial charge in [-0.25, -0.2) is 0 Å². The number of halogens is 2. The fourth-order valence-electron chi connectivity index (χ4n) is 0. The summed E-state index contributed by atoms with van der Waals surface area (Å²) in [4.78, 5) is 18.9. The van der Waals surface area contributed by atoms with Gasteiger partial charge < -0.3 is 47.7 Å². The summed E-state index contributed by atoms with van der Waals surface area (Å²) in [6, 6.07) is 0. The molecular formula is C4H12Cl2CuN4O2. The van der Waals surface area contributed by atoms with Crippen molar-refractivity contribution in [2.45, 2.75) is 0 Å². The van der Waals surface area contributed by atoms with Gasteiger partial charge >= 0.3 is 17.1 Å². The molecule has 8 N–H and O–H groups in total. The molecule has 1 radical (unpaired) electrons. The molecule has 85 valence electrons. The molecule has 2 amide bonds. The van der Waals surface area contributed by atoms with Crippen molar-refractivity contribution in [2.75, 3.05) is 13.1 Å². The minimum Gasteiger partial charge on any atom is -1.00 e. The first kappa shape index (κ1) is 29.3. The minimum atomic E-state index is -0.468. The van der Waals surface area contributed by atoms with Gasteiger partial charge in [0.2, 0.25) is 11.8 Å². The summed E-state index contributed by atoms with van der Waals surface area (Å²) in [5, 5.41) is 0. The molecule has 0 fully saturated rings. The first-order valence-corrected chi connectivity index (χ1v) is 2.51. The molecule has 0 aromatic heterocycles. The van der Waals surface area contributed by atoms with Gasteiger partial charge in [-0.15, -0.1) is 0 Å². The molecule has 6 nitrogen and oxygen atoms in total. The van der Waals surface area contributed by atoms with E-state index in [0.717, 1.165) is 0 Å². The Kier molecular flexibility index (Phi) is 51.0. The number of carbonyl (C=O) groups excluding carboxylic acids is 2. The van der Waals surface area contributed by atoms with Crippen molar-refractivity contribution in [1.82, 2.24) is 0 Å². The van der Waals surface area contributed by atoms with Crippen LogP contribution in [0, 0.1) is 0 Å². The predicted octanol–water partition coefficient (Wildman–Crippen LogP) is -9.13. The Balaban J connectivity index is -0.0000000267. The largest absolute Gasteiger partial charge is 2.00 e. The smallest absolute Gasteiger partial charge is 1.00 e. The molecule has 0 saturated carbocycles. The van der Waals surface area contributed by atoms with Gasteiger partial charge in [0.25, 0.3) is 0 Å². The van der Waals surface area contributed by atoms with Crippen LogP contribution >= 0.6 is 0 Å². The molecule has 0 atom stereocenters. The molecule has 0 aliphatic heterocycles. The van der Waals surface area contributed by atoms with E-state index < -0.39 is 11.8 Å². The maximum absolute atomic E-state index is 9.47. The third kappa shape index (κ3) is 75.7. The standard InChI is InChI=1S/2C2H6N2O.2ClH.Cu/c2*3-1-2(4)5;;;/h2*1,3H2,(H2,4,5);2*1H;/q;;;;+2/p-2. The van der Waals surface area contributed by atoms with Crippen molar-refractivity contribution >= 4 is 11.8 Å². The van der Waals surface area contributed by atoms with Gasteiger partial charge in [0, 0.05) is 0 Å². The molecule has 0 unspecified atom stereocenters. The van der Waals surface area contributed by atoms with Gasteiger partial charge in [-0.05, 0) is 0 Å². The van der Waals surface area contributed by atoms with Crippen molar-refractivity contribution in [1.29, 1.82) is 0 Å². The quantitative estimate of drug-likeness (QED) is 0.374. The Morgan fingerprint density at radius 2 is 0.923 bits per heavy atom. The molecule has 0 saturated heterocycles. The molecule has 0 rings (SSSR count). The van der Waals surface area contributed by atoms with Crippen LogP contribution in [0.3, 0.4) is 0 Å². The third-order valence-electron chi connectivity index (χ3n) is 0.402. The molecule has 0 aromatic rings. The van der Waals surface area contributed by atoms with Crippen LogP contribution in [0.25, 0.3) is 0 Å². The second-order valence-electron chi connectivity index (χ2n) is 1.34. The Hall–Kier alpha value is -0.0405. The first-order valence-electron chi connectivity index (χ1n) is 2.51. The minimum absolute atomic E-state index is 0. The van der Waals surface area contributed by atoms with E-state index in [-0.39, 0.29) is 55.0 Å². The molecule has 0 aliphatic rings. The fraction of sp³-hybridized carbons (Fsp3) is 0.500. The van der Waals surface area contributed by atoms with Gasteiger partial charge in [0.1, 0.15) is 0 Å². The number of hydrogen-bond donors (Lipinski definition) is 4. The second kappa shape index (κ2) is 22.7. The third-order valence-corrected chi connectivity index (χ3v) is 0.402. The van der Waals surface area contributed by atoms with Gasteiger partial charge in [0.15, 0.2) is 0 Å². The van der Waals surface area contributed by atoms with Gasteiger partial charge in [-0.1, -0.05) is 0 Å². The zero-order chi connectivity index (χ0) is 8.57. The van der Waals surface area contributed by atoms with E-state index in [4.69, 9.17) is 11.5 Å². The number of nitrogens with two attached hydrogens (primary N) is 4. The van der Waals surface area contributed by atoms with E-state index in [2.05, 4.69) is 11.5 Å². The molecule has 9 heteroatoms. The Morgan fingerprint density at radius 3 is 0.923 bits per heavy atom. The first-order chi connectivity index (χ1) is 4.54. The van der Waals surface area contributed by atoms with E-state index in [9.17, 15) is 9.59 Å². The maximum Gasteiger partial charge on any atom is 2.00 e. The van der Waals surface area contributed by atoms with E-state index in [0.29, 0.717) is 0 Å². The summed E-state index contributed by atoms with van der Waals surface area (Å²) in [6.07, 6.45) is 0. The Bertz CT molecular complexity index is 113. The normalized spacial score (nSPS) is 5.69. The second-order valence-corrected chi connectivity index (χ2v) is 1.34. The van der Waals surface area contributed by atoms with Crippen molar-refractivity contribution in [2.24, 2.45) is 22.9 Å². The summed E-state index contributed by atoms with van der Waals surface area (Å²) >= 11 is 0. The van der Waals surface area contributed by atoms with Crippen molar-refractivity contribution in [3.63, 3.8) is 0 Å². The number of rotatable bonds is 2. The van der Waals surface area contributed by atoms with Crippen LogP contribution in [0.2, 0.25) is 0 Å². The average molecular weight is 283 g/mol. The van der Waals surface area contributed by atoms with E-state index in [1.165, 1.54) is 0 Å². The van der Waals surface area contributed by atoms with E-state index >= 15 is 0 Å². The molecule has 0 bridgehead atoms. The summed E-state index contributed by atoms with van der Waals surface area (Å²) in [5.41, 5.74) is 18.4. The van der Waals surface area contributed by atoms with Crippen LogP contribution in [-0.2, 0) is 26.7 Å². The maximum atomic E-state index is 9.47. The summed E-state index contributed by atoms with van der Waals surface area (Å²) in [6.45, 7) is -0.111. The van der Waals surface area contributed by atoms with Gasteiger partial charge in [-0.3, -0.25) is 9.59 Å². The summed E-state index contributed by atoms with van der Waals surface area (Å²) < 4.78 is 0. The van der Waals surface area contributed by atoms with Gasteiger partial charge in [0.05, 0.1) is 13.1 Å². The fourth-order valence-corrected chi connectivity index (χ4v) is 0.